The van der Waals surface area contributed by atoms with Crippen LogP contribution in [-0.4, -0.2) is 22.3 Å². The number of hydrogen-bond acceptors (Lipinski definition) is 0. The van der Waals surface area contributed by atoms with Gasteiger partial charge in [-0.05, 0) is 0 Å². The minimum Gasteiger partial charge on any atom is -0.0670 e. The maximum atomic E-state index is 2.65. The number of hydrogen-bond donors (Lipinski definition) is 0. The molecular formula is C28H32Si3. The molecule has 0 unspecified atom stereocenters. The van der Waals surface area contributed by atoms with E-state index in [-0.39, 0.29) is 0 Å². The Morgan fingerprint density at radius 3 is 0.806 bits per heavy atom. The molecule has 0 radical (unpaired) electrons. The highest BCUT2D eigenvalue weighted by atomic mass is 29.6. The normalized spacial score (nSPS) is 12.5. The van der Waals surface area contributed by atoms with Gasteiger partial charge in [0.05, 0.1) is 15.2 Å². The van der Waals surface area contributed by atoms with Gasteiger partial charge in [-0.2, -0.15) is 0 Å². The fourth-order valence-electron chi connectivity index (χ4n) is 5.91. The van der Waals surface area contributed by atoms with E-state index in [0.29, 0.717) is 0 Å². The van der Waals surface area contributed by atoms with Gasteiger partial charge < -0.3 is 0 Å². The fourth-order valence-corrected chi connectivity index (χ4v) is 50.6. The summed E-state index contributed by atoms with van der Waals surface area (Å²) in [5.41, 5.74) is 0. The van der Waals surface area contributed by atoms with Crippen molar-refractivity contribution in [1.29, 1.82) is 0 Å². The van der Waals surface area contributed by atoms with Crippen LogP contribution >= 0.6 is 0 Å². The quantitative estimate of drug-likeness (QED) is 0.374. The van der Waals surface area contributed by atoms with E-state index in [1.54, 1.807) is 20.7 Å². The molecule has 0 bridgehead atoms. The fraction of sp³-hybridized carbons (Fsp3) is 0.143. The van der Waals surface area contributed by atoms with Crippen LogP contribution in [0.15, 0.2) is 121 Å². The Kier molecular flexibility index (Phi) is 6.02. The van der Waals surface area contributed by atoms with E-state index in [1.807, 2.05) is 0 Å². The van der Waals surface area contributed by atoms with E-state index in [0.717, 1.165) is 0 Å². The third kappa shape index (κ3) is 3.51. The van der Waals surface area contributed by atoms with Gasteiger partial charge in [0.1, 0.15) is 7.11 Å². The maximum Gasteiger partial charge on any atom is 0.114 e. The van der Waals surface area contributed by atoms with Gasteiger partial charge in [-0.25, -0.2) is 0 Å². The molecule has 0 amide bonds. The lowest BCUT2D eigenvalue weighted by molar-refractivity contribution is 1.67. The number of rotatable bonds is 6. The summed E-state index contributed by atoms with van der Waals surface area (Å²) in [6.07, 6.45) is 0. The molecule has 0 fully saturated rings. The van der Waals surface area contributed by atoms with E-state index in [1.165, 1.54) is 0 Å². The van der Waals surface area contributed by atoms with Crippen LogP contribution in [0.25, 0.3) is 0 Å². The molecule has 31 heavy (non-hydrogen) atoms. The van der Waals surface area contributed by atoms with E-state index >= 15 is 0 Å². The minimum absolute atomic E-state index is 1.57. The zero-order valence-corrected chi connectivity index (χ0v) is 22.0. The first-order valence-electron chi connectivity index (χ1n) is 11.1. The Morgan fingerprint density at radius 2 is 0.548 bits per heavy atom. The van der Waals surface area contributed by atoms with Gasteiger partial charge in [-0.1, -0.05) is 168 Å². The lowest BCUT2D eigenvalue weighted by Gasteiger charge is -2.54. The third-order valence-corrected chi connectivity index (χ3v) is 44.7. The van der Waals surface area contributed by atoms with Crippen molar-refractivity contribution in [1.82, 2.24) is 0 Å². The van der Waals surface area contributed by atoms with Gasteiger partial charge in [-0.15, -0.1) is 0 Å². The third-order valence-electron chi connectivity index (χ3n) is 7.28. The molecule has 3 heteroatoms. The highest BCUT2D eigenvalue weighted by Crippen LogP contribution is 2.29. The Hall–Kier alpha value is -2.47. The van der Waals surface area contributed by atoms with Gasteiger partial charge in [0, 0.05) is 0 Å². The van der Waals surface area contributed by atoms with E-state index < -0.39 is 22.3 Å². The molecule has 0 atom stereocenters. The monoisotopic (exact) mass is 452 g/mol. The van der Waals surface area contributed by atoms with Crippen molar-refractivity contribution < 1.29 is 0 Å². The predicted molar refractivity (Wildman–Crippen MR) is 145 cm³/mol. The van der Waals surface area contributed by atoms with Crippen LogP contribution in [0.5, 0.6) is 0 Å². The van der Waals surface area contributed by atoms with Gasteiger partial charge in [0.2, 0.25) is 0 Å². The molecule has 0 spiro atoms. The van der Waals surface area contributed by atoms with Crippen molar-refractivity contribution >= 4 is 43.0 Å². The smallest absolute Gasteiger partial charge is 0.0670 e. The molecule has 0 nitrogen and oxygen atoms in total. The van der Waals surface area contributed by atoms with Crippen molar-refractivity contribution in [3.8, 4) is 0 Å². The molecule has 0 heterocycles. The Labute approximate surface area is 190 Å². The first-order valence-corrected chi connectivity index (χ1v) is 21.1. The summed E-state index contributed by atoms with van der Waals surface area (Å²) in [4.78, 5) is 0. The maximum absolute atomic E-state index is 2.65. The average molecular weight is 453 g/mol. The second kappa shape index (κ2) is 8.58. The summed E-state index contributed by atoms with van der Waals surface area (Å²) in [7, 11) is -6.12. The predicted octanol–water partition coefficient (Wildman–Crippen LogP) is 4.64. The summed E-state index contributed by atoms with van der Waals surface area (Å²) in [5, 5.41) is 6.35. The molecule has 0 aromatic heterocycles. The van der Waals surface area contributed by atoms with Crippen molar-refractivity contribution in [2.24, 2.45) is 0 Å². The lowest BCUT2D eigenvalue weighted by Crippen LogP contribution is -2.91. The zero-order chi connectivity index (χ0) is 22.0. The highest BCUT2D eigenvalue weighted by Gasteiger charge is 2.62. The zero-order valence-electron chi connectivity index (χ0n) is 19.0. The molecule has 156 valence electrons. The Balaban J connectivity index is 2.16. The Morgan fingerprint density at radius 1 is 0.323 bits per heavy atom. The molecule has 4 aromatic carbocycles. The molecule has 0 aliphatic heterocycles. The second-order valence-corrected chi connectivity index (χ2v) is 33.3. The van der Waals surface area contributed by atoms with Crippen molar-refractivity contribution in [2.45, 2.75) is 26.2 Å². The van der Waals surface area contributed by atoms with Crippen LogP contribution in [0.2, 0.25) is 26.2 Å². The summed E-state index contributed by atoms with van der Waals surface area (Å²) in [5.74, 6) is 0. The van der Waals surface area contributed by atoms with Gasteiger partial charge in [0.15, 0.2) is 0 Å². The van der Waals surface area contributed by atoms with Crippen molar-refractivity contribution in [2.75, 3.05) is 0 Å². The molecule has 4 aromatic rings. The van der Waals surface area contributed by atoms with Crippen LogP contribution in [0.1, 0.15) is 0 Å². The average Bonchev–Trinajstić information content (AvgIpc) is 2.82. The SMILES string of the molecule is C[Si](C)(c1ccccc1)[Si](c1ccccc1)(c1ccccc1)[Si](C)(C)c1ccccc1. The lowest BCUT2D eigenvalue weighted by atomic mass is 10.4. The molecule has 0 N–H and O–H groups in total. The minimum atomic E-state index is -2.21. The first kappa shape index (κ1) is 21.8. The van der Waals surface area contributed by atoms with Crippen LogP contribution in [0.3, 0.4) is 0 Å². The largest absolute Gasteiger partial charge is 0.114 e. The topological polar surface area (TPSA) is 0 Å². The van der Waals surface area contributed by atoms with Crippen molar-refractivity contribution in [3.05, 3.63) is 121 Å². The molecule has 0 aliphatic carbocycles. The van der Waals surface area contributed by atoms with Crippen molar-refractivity contribution in [3.63, 3.8) is 0 Å². The molecule has 0 saturated heterocycles. The van der Waals surface area contributed by atoms with Gasteiger partial charge in [0.25, 0.3) is 0 Å². The van der Waals surface area contributed by atoms with Crippen LogP contribution < -0.4 is 20.7 Å². The summed E-state index contributed by atoms with van der Waals surface area (Å²) < 4.78 is 0. The second-order valence-electron chi connectivity index (χ2n) is 9.46. The van der Waals surface area contributed by atoms with E-state index in [2.05, 4.69) is 148 Å². The van der Waals surface area contributed by atoms with E-state index in [4.69, 9.17) is 0 Å². The highest BCUT2D eigenvalue weighted by molar-refractivity contribution is 7.81. The first-order chi connectivity index (χ1) is 14.9. The van der Waals surface area contributed by atoms with Crippen LogP contribution in [0.4, 0.5) is 0 Å². The summed E-state index contributed by atoms with van der Waals surface area (Å²) in [6, 6.07) is 45.9. The standard InChI is InChI=1S/C28H32Si3/c1-29(2,25-17-9-5-10-18-25)31(27-21-13-7-14-22-27,28-23-15-8-16-24-28)30(3,4)26-19-11-6-12-20-26/h5-24H,1-4H3. The molecule has 4 rings (SSSR count). The Bertz CT molecular complexity index is 1010. The summed E-state index contributed by atoms with van der Waals surface area (Å²) >= 11 is 0. The van der Waals surface area contributed by atoms with E-state index in [9.17, 15) is 0 Å². The molecule has 0 saturated carbocycles. The molecule has 0 aliphatic rings. The number of benzene rings is 4. The van der Waals surface area contributed by atoms with Gasteiger partial charge >= 0.3 is 0 Å². The molecular weight excluding hydrogens is 421 g/mol. The van der Waals surface area contributed by atoms with Crippen LogP contribution in [-0.2, 0) is 0 Å². The van der Waals surface area contributed by atoms with Crippen LogP contribution in [0, 0.1) is 0 Å². The summed E-state index contributed by atoms with van der Waals surface area (Å²) in [6.45, 7) is 10.6. The van der Waals surface area contributed by atoms with Gasteiger partial charge in [-0.3, -0.25) is 0 Å².